The maximum Gasteiger partial charge on any atom is 0.154 e. The summed E-state index contributed by atoms with van der Waals surface area (Å²) in [7, 11) is 0. The molecule has 0 aliphatic carbocycles. The Balaban J connectivity index is 3.65. The van der Waals surface area contributed by atoms with Gasteiger partial charge in [-0.05, 0) is 31.4 Å². The van der Waals surface area contributed by atoms with Crippen molar-refractivity contribution in [1.29, 1.82) is 0 Å². The first-order valence-electron chi connectivity index (χ1n) is 4.53. The van der Waals surface area contributed by atoms with Gasteiger partial charge in [-0.15, -0.1) is 0 Å². The number of phenolic OH excluding ortho intramolecular Hbond substituents is 2. The van der Waals surface area contributed by atoms with Crippen LogP contribution >= 0.6 is 0 Å². The van der Waals surface area contributed by atoms with Gasteiger partial charge < -0.3 is 10.2 Å². The maximum absolute atomic E-state index is 10.8. The second-order valence-electron chi connectivity index (χ2n) is 3.31. The molecule has 0 bridgehead atoms. The number of hydrogen-bond donors (Lipinski definition) is 2. The second-order valence-corrected chi connectivity index (χ2v) is 3.31. The standard InChI is InChI=1S/C11H14O3/c1-4-8-6(2)10(13)7(3)11(14)9(8)5-12/h5,13-14H,4H2,1-3H3. The molecule has 0 aromatic heterocycles. The molecular formula is C11H14O3. The Morgan fingerprint density at radius 2 is 1.71 bits per heavy atom. The summed E-state index contributed by atoms with van der Waals surface area (Å²) in [5.41, 5.74) is 2.03. The fourth-order valence-electron chi connectivity index (χ4n) is 1.67. The van der Waals surface area contributed by atoms with Crippen LogP contribution in [0.25, 0.3) is 0 Å². The van der Waals surface area contributed by atoms with Crippen molar-refractivity contribution in [2.75, 3.05) is 0 Å². The van der Waals surface area contributed by atoms with Crippen molar-refractivity contribution < 1.29 is 15.0 Å². The number of phenols is 2. The van der Waals surface area contributed by atoms with Crippen LogP contribution in [0.1, 0.15) is 34.0 Å². The highest BCUT2D eigenvalue weighted by Gasteiger charge is 2.16. The van der Waals surface area contributed by atoms with E-state index in [1.165, 1.54) is 0 Å². The number of benzene rings is 1. The lowest BCUT2D eigenvalue weighted by Crippen LogP contribution is -1.98. The van der Waals surface area contributed by atoms with Crippen LogP contribution in [0.4, 0.5) is 0 Å². The normalized spacial score (nSPS) is 10.2. The molecule has 1 rings (SSSR count). The summed E-state index contributed by atoms with van der Waals surface area (Å²) in [5.74, 6) is -0.0371. The highest BCUT2D eigenvalue weighted by atomic mass is 16.3. The van der Waals surface area contributed by atoms with E-state index < -0.39 is 0 Å². The topological polar surface area (TPSA) is 57.5 Å². The number of aldehydes is 1. The van der Waals surface area contributed by atoms with Crippen LogP contribution in [-0.2, 0) is 6.42 Å². The zero-order valence-electron chi connectivity index (χ0n) is 8.59. The van der Waals surface area contributed by atoms with E-state index in [0.29, 0.717) is 35.0 Å². The molecule has 14 heavy (non-hydrogen) atoms. The molecule has 0 heterocycles. The summed E-state index contributed by atoms with van der Waals surface area (Å²) < 4.78 is 0. The summed E-state index contributed by atoms with van der Waals surface area (Å²) >= 11 is 0. The molecule has 0 fully saturated rings. The van der Waals surface area contributed by atoms with E-state index in [4.69, 9.17) is 0 Å². The summed E-state index contributed by atoms with van der Waals surface area (Å²) in [4.78, 5) is 10.8. The van der Waals surface area contributed by atoms with Crippen LogP contribution in [0, 0.1) is 13.8 Å². The lowest BCUT2D eigenvalue weighted by atomic mass is 9.95. The molecule has 0 aliphatic heterocycles. The molecule has 0 atom stereocenters. The SMILES string of the molecule is CCc1c(C)c(O)c(C)c(O)c1C=O. The number of aromatic hydroxyl groups is 2. The molecule has 0 spiro atoms. The average molecular weight is 194 g/mol. The minimum absolute atomic E-state index is 0.0740. The molecule has 3 nitrogen and oxygen atoms in total. The molecule has 0 unspecified atom stereocenters. The third-order valence-corrected chi connectivity index (χ3v) is 2.57. The van der Waals surface area contributed by atoms with Gasteiger partial charge in [-0.2, -0.15) is 0 Å². The fourth-order valence-corrected chi connectivity index (χ4v) is 1.67. The van der Waals surface area contributed by atoms with Gasteiger partial charge in [0.15, 0.2) is 6.29 Å². The lowest BCUT2D eigenvalue weighted by Gasteiger charge is -2.13. The maximum atomic E-state index is 10.8. The summed E-state index contributed by atoms with van der Waals surface area (Å²) in [6.45, 7) is 5.21. The predicted octanol–water partition coefficient (Wildman–Crippen LogP) is 2.09. The highest BCUT2D eigenvalue weighted by Crippen LogP contribution is 2.35. The zero-order valence-corrected chi connectivity index (χ0v) is 8.59. The molecule has 0 amide bonds. The Morgan fingerprint density at radius 1 is 1.14 bits per heavy atom. The first kappa shape index (κ1) is 10.6. The van der Waals surface area contributed by atoms with Gasteiger partial charge >= 0.3 is 0 Å². The van der Waals surface area contributed by atoms with E-state index in [9.17, 15) is 15.0 Å². The minimum Gasteiger partial charge on any atom is -0.507 e. The van der Waals surface area contributed by atoms with E-state index in [2.05, 4.69) is 0 Å². The summed E-state index contributed by atoms with van der Waals surface area (Å²) in [6.07, 6.45) is 1.24. The lowest BCUT2D eigenvalue weighted by molar-refractivity contribution is 0.112. The monoisotopic (exact) mass is 194 g/mol. The van der Waals surface area contributed by atoms with Gasteiger partial charge in [-0.25, -0.2) is 0 Å². The summed E-state index contributed by atoms with van der Waals surface area (Å²) in [5, 5.41) is 19.3. The smallest absolute Gasteiger partial charge is 0.154 e. The van der Waals surface area contributed by atoms with E-state index in [1.54, 1.807) is 13.8 Å². The molecule has 0 radical (unpaired) electrons. The first-order chi connectivity index (χ1) is 6.54. The van der Waals surface area contributed by atoms with Crippen LogP contribution in [-0.4, -0.2) is 16.5 Å². The summed E-state index contributed by atoms with van der Waals surface area (Å²) in [6, 6.07) is 0. The fraction of sp³-hybridized carbons (Fsp3) is 0.364. The van der Waals surface area contributed by atoms with Crippen molar-refractivity contribution in [3.8, 4) is 11.5 Å². The molecule has 76 valence electrons. The molecule has 0 saturated heterocycles. The first-order valence-corrected chi connectivity index (χ1v) is 4.53. The number of rotatable bonds is 2. The van der Waals surface area contributed by atoms with Crippen molar-refractivity contribution in [3.05, 3.63) is 22.3 Å². The van der Waals surface area contributed by atoms with Crippen LogP contribution in [0.3, 0.4) is 0 Å². The molecule has 1 aromatic carbocycles. The molecule has 1 aromatic rings. The van der Waals surface area contributed by atoms with Crippen LogP contribution < -0.4 is 0 Å². The number of carbonyl (C=O) groups excluding carboxylic acids is 1. The Labute approximate surface area is 83.0 Å². The van der Waals surface area contributed by atoms with Crippen molar-refractivity contribution in [2.24, 2.45) is 0 Å². The third kappa shape index (κ3) is 1.35. The predicted molar refractivity (Wildman–Crippen MR) is 54.0 cm³/mol. The third-order valence-electron chi connectivity index (χ3n) is 2.57. The van der Waals surface area contributed by atoms with E-state index in [-0.39, 0.29) is 11.5 Å². The Bertz CT molecular complexity index is 381. The van der Waals surface area contributed by atoms with E-state index in [0.717, 1.165) is 0 Å². The number of hydrogen-bond acceptors (Lipinski definition) is 3. The van der Waals surface area contributed by atoms with Gasteiger partial charge in [0.1, 0.15) is 11.5 Å². The van der Waals surface area contributed by atoms with Gasteiger partial charge in [-0.3, -0.25) is 4.79 Å². The van der Waals surface area contributed by atoms with E-state index >= 15 is 0 Å². The highest BCUT2D eigenvalue weighted by molar-refractivity contribution is 5.84. The van der Waals surface area contributed by atoms with Crippen LogP contribution in [0.2, 0.25) is 0 Å². The molecular weight excluding hydrogens is 180 g/mol. The molecule has 3 heteroatoms. The average Bonchev–Trinajstić information content (AvgIpc) is 2.20. The van der Waals surface area contributed by atoms with Gasteiger partial charge in [0.05, 0.1) is 5.56 Å². The molecule has 0 aliphatic rings. The largest absolute Gasteiger partial charge is 0.507 e. The van der Waals surface area contributed by atoms with Crippen LogP contribution in [0.5, 0.6) is 11.5 Å². The van der Waals surface area contributed by atoms with Gasteiger partial charge in [0.25, 0.3) is 0 Å². The molecule has 2 N–H and O–H groups in total. The number of carbonyl (C=O) groups is 1. The van der Waals surface area contributed by atoms with Crippen LogP contribution in [0.15, 0.2) is 0 Å². The van der Waals surface area contributed by atoms with Gasteiger partial charge in [-0.1, -0.05) is 6.92 Å². The second kappa shape index (κ2) is 3.70. The zero-order chi connectivity index (χ0) is 10.9. The molecule has 0 saturated carbocycles. The van der Waals surface area contributed by atoms with Crippen molar-refractivity contribution in [2.45, 2.75) is 27.2 Å². The quantitative estimate of drug-likeness (QED) is 0.709. The Hall–Kier alpha value is -1.51. The van der Waals surface area contributed by atoms with E-state index in [1.807, 2.05) is 6.92 Å². The van der Waals surface area contributed by atoms with Crippen molar-refractivity contribution in [1.82, 2.24) is 0 Å². The Morgan fingerprint density at radius 3 is 2.14 bits per heavy atom. The Kier molecular flexibility index (Phi) is 2.79. The van der Waals surface area contributed by atoms with Gasteiger partial charge in [0, 0.05) is 5.56 Å². The van der Waals surface area contributed by atoms with Crippen molar-refractivity contribution in [3.63, 3.8) is 0 Å². The minimum atomic E-state index is -0.111. The van der Waals surface area contributed by atoms with Crippen molar-refractivity contribution >= 4 is 6.29 Å². The van der Waals surface area contributed by atoms with Gasteiger partial charge in [0.2, 0.25) is 0 Å².